The van der Waals surface area contributed by atoms with Crippen molar-refractivity contribution in [2.75, 3.05) is 6.54 Å². The van der Waals surface area contributed by atoms with Gasteiger partial charge in [-0.2, -0.15) is 0 Å². The fourth-order valence-electron chi connectivity index (χ4n) is 1.93. The predicted octanol–water partition coefficient (Wildman–Crippen LogP) is 3.82. The van der Waals surface area contributed by atoms with E-state index in [4.69, 9.17) is 11.6 Å². The first kappa shape index (κ1) is 16.0. The quantitative estimate of drug-likeness (QED) is 0.902. The van der Waals surface area contributed by atoms with E-state index in [-0.39, 0.29) is 5.54 Å². The highest BCUT2D eigenvalue weighted by atomic mass is 35.5. The predicted molar refractivity (Wildman–Crippen MR) is 87.4 cm³/mol. The number of hydrogen-bond acceptors (Lipinski definition) is 3. The zero-order valence-electron chi connectivity index (χ0n) is 12.6. The van der Waals surface area contributed by atoms with Crippen LogP contribution >= 0.6 is 11.6 Å². The first-order valence-corrected chi connectivity index (χ1v) is 7.39. The van der Waals surface area contributed by atoms with Crippen molar-refractivity contribution >= 4 is 11.6 Å². The molecule has 3 nitrogen and oxygen atoms in total. The molecule has 1 aromatic carbocycles. The van der Waals surface area contributed by atoms with E-state index in [0.717, 1.165) is 11.3 Å². The summed E-state index contributed by atoms with van der Waals surface area (Å²) in [6.07, 6.45) is -0.628. The lowest BCUT2D eigenvalue weighted by Gasteiger charge is -2.22. The van der Waals surface area contributed by atoms with Gasteiger partial charge in [-0.05, 0) is 45.0 Å². The van der Waals surface area contributed by atoms with Crippen LogP contribution in [-0.2, 0) is 0 Å². The lowest BCUT2D eigenvalue weighted by atomic mass is 10.1. The summed E-state index contributed by atoms with van der Waals surface area (Å²) in [7, 11) is 0. The highest BCUT2D eigenvalue weighted by Crippen LogP contribution is 2.21. The third-order valence-corrected chi connectivity index (χ3v) is 3.33. The van der Waals surface area contributed by atoms with Crippen LogP contribution in [0.25, 0.3) is 11.3 Å². The summed E-state index contributed by atoms with van der Waals surface area (Å²) in [5.41, 5.74) is 2.45. The molecule has 4 heteroatoms. The molecule has 0 radical (unpaired) electrons. The van der Waals surface area contributed by atoms with Crippen LogP contribution in [0.5, 0.6) is 0 Å². The lowest BCUT2D eigenvalue weighted by Crippen LogP contribution is -2.38. The molecule has 0 aliphatic carbocycles. The van der Waals surface area contributed by atoms with Gasteiger partial charge in [0.05, 0.1) is 11.4 Å². The van der Waals surface area contributed by atoms with Crippen LogP contribution in [0.2, 0.25) is 5.02 Å². The van der Waals surface area contributed by atoms with Crippen LogP contribution in [0.4, 0.5) is 0 Å². The van der Waals surface area contributed by atoms with E-state index in [9.17, 15) is 5.11 Å². The molecule has 2 aromatic rings. The summed E-state index contributed by atoms with van der Waals surface area (Å²) in [4.78, 5) is 4.54. The number of β-amino-alcohol motifs (C(OH)–C–C–N with tert-alkyl or cyclic N) is 1. The number of aliphatic hydroxyl groups is 1. The number of hydrogen-bond donors (Lipinski definition) is 2. The summed E-state index contributed by atoms with van der Waals surface area (Å²) in [5, 5.41) is 14.2. The van der Waals surface area contributed by atoms with Gasteiger partial charge in [0.15, 0.2) is 0 Å². The van der Waals surface area contributed by atoms with Crippen molar-refractivity contribution in [3.8, 4) is 11.3 Å². The van der Waals surface area contributed by atoms with E-state index in [1.807, 2.05) is 42.5 Å². The molecule has 1 atom stereocenters. The Morgan fingerprint density at radius 3 is 2.43 bits per heavy atom. The number of benzene rings is 1. The fourth-order valence-corrected chi connectivity index (χ4v) is 2.05. The Balaban J connectivity index is 2.15. The molecule has 112 valence electrons. The highest BCUT2D eigenvalue weighted by Gasteiger charge is 2.15. The van der Waals surface area contributed by atoms with E-state index in [2.05, 4.69) is 31.1 Å². The van der Waals surface area contributed by atoms with Gasteiger partial charge in [0, 0.05) is 22.7 Å². The van der Waals surface area contributed by atoms with Crippen LogP contribution in [0.15, 0.2) is 42.5 Å². The van der Waals surface area contributed by atoms with Gasteiger partial charge < -0.3 is 10.4 Å². The minimum atomic E-state index is -0.628. The second-order valence-corrected chi connectivity index (χ2v) is 6.54. The smallest absolute Gasteiger partial charge is 0.108 e. The fraction of sp³-hybridized carbons (Fsp3) is 0.353. The molecule has 0 spiro atoms. The molecule has 0 fully saturated rings. The Morgan fingerprint density at radius 1 is 1.14 bits per heavy atom. The molecule has 0 saturated carbocycles. The van der Waals surface area contributed by atoms with Crippen LogP contribution in [0.3, 0.4) is 0 Å². The largest absolute Gasteiger partial charge is 0.385 e. The first-order valence-electron chi connectivity index (χ1n) is 7.01. The molecule has 21 heavy (non-hydrogen) atoms. The van der Waals surface area contributed by atoms with Crippen molar-refractivity contribution in [2.24, 2.45) is 0 Å². The van der Waals surface area contributed by atoms with E-state index in [1.54, 1.807) is 0 Å². The Hall–Kier alpha value is -1.42. The maximum absolute atomic E-state index is 10.3. The Kier molecular flexibility index (Phi) is 4.99. The minimum Gasteiger partial charge on any atom is -0.385 e. The summed E-state index contributed by atoms with van der Waals surface area (Å²) >= 11 is 5.90. The van der Waals surface area contributed by atoms with Gasteiger partial charge in [0.1, 0.15) is 6.10 Å². The minimum absolute atomic E-state index is 0.0330. The second kappa shape index (κ2) is 6.56. The summed E-state index contributed by atoms with van der Waals surface area (Å²) in [6, 6.07) is 13.2. The van der Waals surface area contributed by atoms with Gasteiger partial charge in [0.2, 0.25) is 0 Å². The van der Waals surface area contributed by atoms with E-state index < -0.39 is 6.10 Å². The Morgan fingerprint density at radius 2 is 1.81 bits per heavy atom. The number of pyridine rings is 1. The number of aromatic nitrogens is 1. The third-order valence-electron chi connectivity index (χ3n) is 3.08. The molecule has 0 amide bonds. The second-order valence-electron chi connectivity index (χ2n) is 6.10. The Labute approximate surface area is 131 Å². The molecular formula is C17H21ClN2O. The number of nitrogens with zero attached hydrogens (tertiary/aromatic N) is 1. The summed E-state index contributed by atoms with van der Waals surface area (Å²) in [5.74, 6) is 0. The standard InChI is InChI=1S/C17H21ClN2O/c1-17(2,3)19-11-16(21)15-6-4-5-14(20-15)12-7-9-13(18)10-8-12/h4-10,16,19,21H,11H2,1-3H3/t16-/m0/s1. The van der Waals surface area contributed by atoms with Gasteiger partial charge in [-0.1, -0.05) is 29.8 Å². The van der Waals surface area contributed by atoms with Crippen molar-refractivity contribution in [1.29, 1.82) is 0 Å². The van der Waals surface area contributed by atoms with Crippen molar-refractivity contribution in [3.63, 3.8) is 0 Å². The molecular weight excluding hydrogens is 284 g/mol. The number of aliphatic hydroxyl groups excluding tert-OH is 1. The van der Waals surface area contributed by atoms with Crippen LogP contribution in [-0.4, -0.2) is 22.2 Å². The molecule has 2 rings (SSSR count). The molecule has 2 N–H and O–H groups in total. The van der Waals surface area contributed by atoms with Crippen molar-refractivity contribution in [3.05, 3.63) is 53.2 Å². The SMILES string of the molecule is CC(C)(C)NC[C@H](O)c1cccc(-c2ccc(Cl)cc2)n1. The first-order chi connectivity index (χ1) is 9.85. The third kappa shape index (κ3) is 4.81. The van der Waals surface area contributed by atoms with Crippen molar-refractivity contribution < 1.29 is 5.11 Å². The van der Waals surface area contributed by atoms with Gasteiger partial charge in [-0.25, -0.2) is 0 Å². The average molecular weight is 305 g/mol. The zero-order chi connectivity index (χ0) is 15.5. The normalized spacial score (nSPS) is 13.2. The maximum atomic E-state index is 10.3. The van der Waals surface area contributed by atoms with Crippen molar-refractivity contribution in [1.82, 2.24) is 10.3 Å². The monoisotopic (exact) mass is 304 g/mol. The lowest BCUT2D eigenvalue weighted by molar-refractivity contribution is 0.159. The molecule has 0 bridgehead atoms. The van der Waals surface area contributed by atoms with Gasteiger partial charge in [-0.3, -0.25) is 4.98 Å². The van der Waals surface area contributed by atoms with E-state index in [0.29, 0.717) is 17.3 Å². The molecule has 1 heterocycles. The molecule has 0 aliphatic rings. The zero-order valence-corrected chi connectivity index (χ0v) is 13.4. The van der Waals surface area contributed by atoms with Crippen LogP contribution in [0, 0.1) is 0 Å². The van der Waals surface area contributed by atoms with E-state index >= 15 is 0 Å². The molecule has 0 saturated heterocycles. The molecule has 0 aliphatic heterocycles. The number of halogens is 1. The number of rotatable bonds is 4. The number of nitrogens with one attached hydrogen (secondary N) is 1. The summed E-state index contributed by atoms with van der Waals surface area (Å²) in [6.45, 7) is 6.67. The van der Waals surface area contributed by atoms with Crippen molar-refractivity contribution in [2.45, 2.75) is 32.4 Å². The average Bonchev–Trinajstić information content (AvgIpc) is 2.45. The van der Waals surface area contributed by atoms with Gasteiger partial charge in [0.25, 0.3) is 0 Å². The topological polar surface area (TPSA) is 45.1 Å². The van der Waals surface area contributed by atoms with Gasteiger partial charge in [-0.15, -0.1) is 0 Å². The highest BCUT2D eigenvalue weighted by molar-refractivity contribution is 6.30. The van der Waals surface area contributed by atoms with E-state index in [1.165, 1.54) is 0 Å². The molecule has 0 unspecified atom stereocenters. The van der Waals surface area contributed by atoms with Crippen LogP contribution in [0.1, 0.15) is 32.6 Å². The summed E-state index contributed by atoms with van der Waals surface area (Å²) < 4.78 is 0. The Bertz CT molecular complexity index is 590. The van der Waals surface area contributed by atoms with Gasteiger partial charge >= 0.3 is 0 Å². The maximum Gasteiger partial charge on any atom is 0.108 e. The molecule has 1 aromatic heterocycles. The van der Waals surface area contributed by atoms with Crippen LogP contribution < -0.4 is 5.32 Å².